The molecule has 1 heterocycles. The fourth-order valence-electron chi connectivity index (χ4n) is 3.11. The largest absolute Gasteiger partial charge is 0.416 e. The lowest BCUT2D eigenvalue weighted by molar-refractivity contribution is -0.282. The van der Waals surface area contributed by atoms with E-state index in [4.69, 9.17) is 9.47 Å². The molecule has 5 nitrogen and oxygen atoms in total. The van der Waals surface area contributed by atoms with Gasteiger partial charge in [-0.05, 0) is 42.8 Å². The lowest BCUT2D eigenvalue weighted by Crippen LogP contribution is -2.61. The predicted octanol–water partition coefficient (Wildman–Crippen LogP) is 4.26. The Labute approximate surface area is 176 Å². The van der Waals surface area contributed by atoms with Crippen LogP contribution in [0.25, 0.3) is 0 Å². The third kappa shape index (κ3) is 5.03. The second kappa shape index (κ2) is 8.34. The van der Waals surface area contributed by atoms with E-state index in [0.29, 0.717) is 12.1 Å². The monoisotopic (exact) mass is 467 g/mol. The third-order valence-electron chi connectivity index (χ3n) is 4.73. The zero-order chi connectivity index (χ0) is 23.9. The second-order valence-electron chi connectivity index (χ2n) is 7.08. The SMILES string of the molecule is C[C@@H](O[C@H]1OCC(=O)N[C@@]1(O)c1ccc(F)cc1)c1cc(C(F)(F)F)cc(C(F)(F)F)c1. The Morgan fingerprint density at radius 2 is 1.59 bits per heavy atom. The number of hydrogen-bond acceptors (Lipinski definition) is 4. The van der Waals surface area contributed by atoms with Crippen molar-refractivity contribution in [1.29, 1.82) is 0 Å². The molecule has 0 aliphatic carbocycles. The molecule has 1 saturated heterocycles. The van der Waals surface area contributed by atoms with Gasteiger partial charge >= 0.3 is 12.4 Å². The number of amides is 1. The molecule has 0 bridgehead atoms. The summed E-state index contributed by atoms with van der Waals surface area (Å²) in [5.41, 5.74) is -6.03. The van der Waals surface area contributed by atoms with Gasteiger partial charge in [0.25, 0.3) is 0 Å². The van der Waals surface area contributed by atoms with Crippen LogP contribution >= 0.6 is 0 Å². The molecule has 3 atom stereocenters. The van der Waals surface area contributed by atoms with Gasteiger partial charge in [0, 0.05) is 5.56 Å². The molecule has 2 N–H and O–H groups in total. The Morgan fingerprint density at radius 3 is 2.09 bits per heavy atom. The normalized spacial score (nSPS) is 23.0. The van der Waals surface area contributed by atoms with Crippen molar-refractivity contribution < 1.29 is 50.1 Å². The highest BCUT2D eigenvalue weighted by molar-refractivity contribution is 5.78. The van der Waals surface area contributed by atoms with E-state index >= 15 is 0 Å². The van der Waals surface area contributed by atoms with Crippen LogP contribution in [0.2, 0.25) is 0 Å². The van der Waals surface area contributed by atoms with E-state index in [0.717, 1.165) is 31.2 Å². The van der Waals surface area contributed by atoms with Crippen molar-refractivity contribution in [3.05, 3.63) is 70.5 Å². The quantitative estimate of drug-likeness (QED) is 0.660. The van der Waals surface area contributed by atoms with Crippen LogP contribution in [0.4, 0.5) is 30.7 Å². The van der Waals surface area contributed by atoms with Gasteiger partial charge in [0.05, 0.1) is 17.2 Å². The van der Waals surface area contributed by atoms with Crippen molar-refractivity contribution in [2.75, 3.05) is 6.61 Å². The molecule has 0 spiro atoms. The minimum absolute atomic E-state index is 0.0254. The number of alkyl halides is 6. The number of benzene rings is 2. The Bertz CT molecular complexity index is 959. The average Bonchev–Trinajstić information content (AvgIpc) is 2.69. The predicted molar refractivity (Wildman–Crippen MR) is 94.1 cm³/mol. The maximum Gasteiger partial charge on any atom is 0.416 e. The molecule has 1 aliphatic rings. The number of hydrogen-bond donors (Lipinski definition) is 2. The van der Waals surface area contributed by atoms with E-state index in [2.05, 4.69) is 5.32 Å². The molecule has 2 aromatic carbocycles. The number of morpholine rings is 1. The molecule has 1 fully saturated rings. The van der Waals surface area contributed by atoms with Crippen LogP contribution < -0.4 is 5.32 Å². The molecule has 3 rings (SSSR count). The first-order valence-electron chi connectivity index (χ1n) is 9.06. The van der Waals surface area contributed by atoms with E-state index in [1.54, 1.807) is 0 Å². The maximum atomic E-state index is 13.2. The molecule has 2 aromatic rings. The summed E-state index contributed by atoms with van der Waals surface area (Å²) in [4.78, 5) is 11.8. The first-order chi connectivity index (χ1) is 14.7. The summed E-state index contributed by atoms with van der Waals surface area (Å²) in [7, 11) is 0. The molecule has 0 saturated carbocycles. The second-order valence-corrected chi connectivity index (χ2v) is 7.08. The first kappa shape index (κ1) is 24.0. The minimum atomic E-state index is -5.06. The van der Waals surface area contributed by atoms with Crippen LogP contribution in [0, 0.1) is 5.82 Å². The molecule has 0 radical (unpaired) electrons. The smallest absolute Gasteiger partial charge is 0.363 e. The van der Waals surface area contributed by atoms with E-state index < -0.39 is 65.5 Å². The molecule has 12 heteroatoms. The number of rotatable bonds is 4. The number of halogens is 7. The number of carbonyl (C=O) groups is 1. The van der Waals surface area contributed by atoms with E-state index in [1.807, 2.05) is 0 Å². The summed E-state index contributed by atoms with van der Waals surface area (Å²) in [5, 5.41) is 13.2. The molecular formula is C20H16F7NO4. The van der Waals surface area contributed by atoms with Gasteiger partial charge in [-0.1, -0.05) is 12.1 Å². The maximum absolute atomic E-state index is 13.2. The van der Waals surface area contributed by atoms with Gasteiger partial charge in [-0.25, -0.2) is 4.39 Å². The van der Waals surface area contributed by atoms with Crippen LogP contribution in [-0.2, 0) is 32.3 Å². The van der Waals surface area contributed by atoms with Crippen LogP contribution in [0.1, 0.15) is 35.3 Å². The average molecular weight is 467 g/mol. The topological polar surface area (TPSA) is 67.8 Å². The number of aliphatic hydroxyl groups is 1. The summed E-state index contributed by atoms with van der Waals surface area (Å²) in [6.45, 7) is 0.553. The Hall–Kier alpha value is -2.70. The van der Waals surface area contributed by atoms with Gasteiger partial charge in [-0.3, -0.25) is 4.79 Å². The Kier molecular flexibility index (Phi) is 6.24. The van der Waals surface area contributed by atoms with Crippen molar-refractivity contribution in [2.24, 2.45) is 0 Å². The van der Waals surface area contributed by atoms with E-state index in [-0.39, 0.29) is 11.6 Å². The minimum Gasteiger partial charge on any atom is -0.363 e. The molecule has 0 aromatic heterocycles. The highest BCUT2D eigenvalue weighted by Crippen LogP contribution is 2.39. The van der Waals surface area contributed by atoms with Crippen molar-refractivity contribution in [2.45, 2.75) is 37.4 Å². The Morgan fingerprint density at radius 1 is 1.06 bits per heavy atom. The highest BCUT2D eigenvalue weighted by atomic mass is 19.4. The van der Waals surface area contributed by atoms with Crippen molar-refractivity contribution in [3.8, 4) is 0 Å². The van der Waals surface area contributed by atoms with Crippen LogP contribution in [0.5, 0.6) is 0 Å². The summed E-state index contributed by atoms with van der Waals surface area (Å²) in [6.07, 6.45) is -13.3. The highest BCUT2D eigenvalue weighted by Gasteiger charge is 2.47. The fourth-order valence-corrected chi connectivity index (χ4v) is 3.11. The van der Waals surface area contributed by atoms with Gasteiger partial charge in [0.15, 0.2) is 0 Å². The summed E-state index contributed by atoms with van der Waals surface area (Å²) >= 11 is 0. The molecule has 1 amide bonds. The van der Waals surface area contributed by atoms with Crippen LogP contribution in [-0.4, -0.2) is 23.9 Å². The lowest BCUT2D eigenvalue weighted by Gasteiger charge is -2.40. The van der Waals surface area contributed by atoms with Crippen molar-refractivity contribution in [1.82, 2.24) is 5.32 Å². The van der Waals surface area contributed by atoms with Crippen molar-refractivity contribution in [3.63, 3.8) is 0 Å². The molecule has 32 heavy (non-hydrogen) atoms. The van der Waals surface area contributed by atoms with E-state index in [1.165, 1.54) is 0 Å². The van der Waals surface area contributed by atoms with Gasteiger partial charge in [0.1, 0.15) is 12.4 Å². The number of nitrogens with one attached hydrogen (secondary N) is 1. The van der Waals surface area contributed by atoms with Gasteiger partial charge < -0.3 is 19.9 Å². The van der Waals surface area contributed by atoms with Gasteiger partial charge in [-0.2, -0.15) is 26.3 Å². The molecule has 174 valence electrons. The number of ether oxygens (including phenoxy) is 2. The molecule has 1 aliphatic heterocycles. The van der Waals surface area contributed by atoms with E-state index in [9.17, 15) is 40.6 Å². The van der Waals surface area contributed by atoms with Crippen LogP contribution in [0.3, 0.4) is 0 Å². The zero-order valence-electron chi connectivity index (χ0n) is 16.2. The van der Waals surface area contributed by atoms with Crippen LogP contribution in [0.15, 0.2) is 42.5 Å². The zero-order valence-corrected chi connectivity index (χ0v) is 16.2. The standard InChI is InChI=1S/C20H16F7NO4/c1-10(11-6-13(19(22,23)24)8-14(7-11)20(25,26)27)32-17-18(30,28-16(29)9-31-17)12-2-4-15(21)5-3-12/h2-8,10,17,30H,9H2,1H3,(H,28,29)/t10-,17-,18-/m1/s1. The third-order valence-corrected chi connectivity index (χ3v) is 4.73. The van der Waals surface area contributed by atoms with Gasteiger partial charge in [0.2, 0.25) is 17.9 Å². The summed E-state index contributed by atoms with van der Waals surface area (Å²) in [5.74, 6) is -1.43. The molecule has 0 unspecified atom stereocenters. The first-order valence-corrected chi connectivity index (χ1v) is 9.06. The molecular weight excluding hydrogens is 451 g/mol. The van der Waals surface area contributed by atoms with Gasteiger partial charge in [-0.15, -0.1) is 0 Å². The van der Waals surface area contributed by atoms with Crippen molar-refractivity contribution >= 4 is 5.91 Å². The lowest BCUT2D eigenvalue weighted by atomic mass is 9.99. The number of carbonyl (C=O) groups excluding carboxylic acids is 1. The Balaban J connectivity index is 1.96. The summed E-state index contributed by atoms with van der Waals surface area (Å²) < 4.78 is 103. The summed E-state index contributed by atoms with van der Waals surface area (Å²) in [6, 6.07) is 5.10. The fraction of sp³-hybridized carbons (Fsp3) is 0.350.